The zero-order valence-electron chi connectivity index (χ0n) is 18.8. The molecule has 6 rings (SSSR count). The Morgan fingerprint density at radius 2 is 1.83 bits per heavy atom. The maximum Gasteiger partial charge on any atom is 0.336 e. The van der Waals surface area contributed by atoms with Gasteiger partial charge in [-0.25, -0.2) is 18.5 Å². The quantitative estimate of drug-likeness (QED) is 0.334. The number of non-ortho nitro benzene ring substituents is 1. The minimum Gasteiger partial charge on any atom is -0.493 e. The largest absolute Gasteiger partial charge is 0.493 e. The second-order valence-corrected chi connectivity index (χ2v) is 8.95. The topological polar surface area (TPSA) is 123 Å². The fourth-order valence-electron chi connectivity index (χ4n) is 5.39. The van der Waals surface area contributed by atoms with Gasteiger partial charge in [-0.1, -0.05) is 30.3 Å². The molecule has 1 aromatic heterocycles. The van der Waals surface area contributed by atoms with E-state index in [1.807, 2.05) is 0 Å². The van der Waals surface area contributed by atoms with Crippen molar-refractivity contribution in [1.29, 1.82) is 0 Å². The number of hydrogen-bond donors (Lipinski definition) is 2. The van der Waals surface area contributed by atoms with Crippen molar-refractivity contribution in [3.63, 3.8) is 0 Å². The summed E-state index contributed by atoms with van der Waals surface area (Å²) in [5.41, 5.74) is 0.853. The summed E-state index contributed by atoms with van der Waals surface area (Å²) >= 11 is 0. The van der Waals surface area contributed by atoms with Gasteiger partial charge in [0.15, 0.2) is 0 Å². The standard InChI is InChI=1S/C25H20FN5O5/c26-15-7-5-14(6-8-15)12-27-24(33)28-13-16-11-21(28)22-23(32)30(25(34)29(16)22)19-9-10-20(31(35)36)18-4-2-1-3-17(18)19/h1-10,16,21,32H,11-13H2,(H,27,33)/t16-,21-/m0/s1. The van der Waals surface area contributed by atoms with Gasteiger partial charge >= 0.3 is 11.7 Å². The van der Waals surface area contributed by atoms with Gasteiger partial charge in [0.25, 0.3) is 5.69 Å². The third-order valence-corrected chi connectivity index (χ3v) is 6.99. The maximum absolute atomic E-state index is 13.4. The molecule has 0 unspecified atom stereocenters. The van der Waals surface area contributed by atoms with Crippen LogP contribution in [0.25, 0.3) is 16.5 Å². The molecule has 0 spiro atoms. The van der Waals surface area contributed by atoms with Crippen molar-refractivity contribution in [1.82, 2.24) is 19.4 Å². The SMILES string of the molecule is O=C(NCc1ccc(F)cc1)N1C[C@@H]2C[C@H]1c1c(O)n(-c3ccc([N+](=O)[O-])c4ccccc34)c(=O)n12. The molecule has 36 heavy (non-hydrogen) atoms. The predicted octanol–water partition coefficient (Wildman–Crippen LogP) is 3.76. The van der Waals surface area contributed by atoms with Gasteiger partial charge in [-0.2, -0.15) is 0 Å². The number of nitro benzene ring substituents is 1. The van der Waals surface area contributed by atoms with E-state index >= 15 is 0 Å². The second kappa shape index (κ2) is 7.94. The molecule has 2 bridgehead atoms. The summed E-state index contributed by atoms with van der Waals surface area (Å²) in [6.45, 7) is 0.513. The molecule has 0 aliphatic carbocycles. The molecular formula is C25H20FN5O5. The van der Waals surface area contributed by atoms with E-state index in [1.165, 1.54) is 28.8 Å². The number of nitrogens with zero attached hydrogens (tertiary/aromatic N) is 4. The lowest BCUT2D eigenvalue weighted by atomic mass is 10.1. The van der Waals surface area contributed by atoms with E-state index < -0.39 is 16.7 Å². The first kappa shape index (κ1) is 21.8. The number of likely N-dealkylation sites (tertiary alicyclic amines) is 1. The van der Waals surface area contributed by atoms with E-state index in [2.05, 4.69) is 5.32 Å². The highest BCUT2D eigenvalue weighted by atomic mass is 19.1. The van der Waals surface area contributed by atoms with Gasteiger partial charge in [-0.15, -0.1) is 0 Å². The number of aromatic nitrogens is 2. The van der Waals surface area contributed by atoms with Crippen LogP contribution in [0.3, 0.4) is 0 Å². The Hall–Kier alpha value is -4.67. The lowest BCUT2D eigenvalue weighted by Crippen LogP contribution is -2.43. The minimum atomic E-state index is -0.499. The average molecular weight is 489 g/mol. The number of carbonyl (C=O) groups excluding carboxylic acids is 1. The number of nitrogens with one attached hydrogen (secondary N) is 1. The van der Waals surface area contributed by atoms with E-state index in [9.17, 15) is 29.2 Å². The highest BCUT2D eigenvalue weighted by Gasteiger charge is 2.49. The third-order valence-electron chi connectivity index (χ3n) is 6.99. The average Bonchev–Trinajstić information content (AvgIpc) is 3.54. The lowest BCUT2D eigenvalue weighted by Gasteiger charge is -2.27. The summed E-state index contributed by atoms with van der Waals surface area (Å²) in [5, 5.41) is 26.3. The fraction of sp³-hybridized carbons (Fsp3) is 0.200. The molecule has 1 fully saturated rings. The van der Waals surface area contributed by atoms with Crippen molar-refractivity contribution >= 4 is 22.5 Å². The number of fused-ring (bicyclic) bond motifs is 6. The van der Waals surface area contributed by atoms with E-state index in [4.69, 9.17) is 0 Å². The summed E-state index contributed by atoms with van der Waals surface area (Å²) in [6.07, 6.45) is 0.504. The van der Waals surface area contributed by atoms with Crippen LogP contribution >= 0.6 is 0 Å². The molecule has 2 aliphatic heterocycles. The van der Waals surface area contributed by atoms with Gasteiger partial charge in [0, 0.05) is 24.5 Å². The Morgan fingerprint density at radius 1 is 1.11 bits per heavy atom. The van der Waals surface area contributed by atoms with E-state index in [-0.39, 0.29) is 36.0 Å². The summed E-state index contributed by atoms with van der Waals surface area (Å²) in [7, 11) is 0. The van der Waals surface area contributed by atoms with Crippen LogP contribution in [-0.2, 0) is 6.54 Å². The van der Waals surface area contributed by atoms with Gasteiger partial charge in [-0.3, -0.25) is 14.7 Å². The zero-order valence-corrected chi connectivity index (χ0v) is 18.8. The fourth-order valence-corrected chi connectivity index (χ4v) is 5.39. The molecule has 3 heterocycles. The Labute approximate surface area is 202 Å². The van der Waals surface area contributed by atoms with Crippen LogP contribution in [0, 0.1) is 15.9 Å². The number of hydrogen-bond acceptors (Lipinski definition) is 5. The third kappa shape index (κ3) is 3.16. The number of urea groups is 1. The predicted molar refractivity (Wildman–Crippen MR) is 128 cm³/mol. The van der Waals surface area contributed by atoms with Crippen LogP contribution in [0.5, 0.6) is 5.88 Å². The minimum absolute atomic E-state index is 0.0993. The Morgan fingerprint density at radius 3 is 2.56 bits per heavy atom. The summed E-state index contributed by atoms with van der Waals surface area (Å²) in [5.74, 6) is -0.650. The van der Waals surface area contributed by atoms with Crippen LogP contribution < -0.4 is 11.0 Å². The van der Waals surface area contributed by atoms with E-state index in [1.54, 1.807) is 41.3 Å². The Balaban J connectivity index is 1.35. The molecule has 3 aromatic carbocycles. The van der Waals surface area contributed by atoms with Crippen LogP contribution in [0.2, 0.25) is 0 Å². The molecule has 2 N–H and O–H groups in total. The van der Waals surface area contributed by atoms with Crippen LogP contribution in [0.1, 0.15) is 29.8 Å². The molecule has 182 valence electrons. The molecule has 1 saturated heterocycles. The van der Waals surface area contributed by atoms with Gasteiger partial charge < -0.3 is 15.3 Å². The van der Waals surface area contributed by atoms with Crippen molar-refractivity contribution in [2.75, 3.05) is 6.54 Å². The van der Waals surface area contributed by atoms with Crippen molar-refractivity contribution in [2.45, 2.75) is 25.0 Å². The van der Waals surface area contributed by atoms with Gasteiger partial charge in [0.05, 0.1) is 28.1 Å². The molecule has 2 aliphatic rings. The summed E-state index contributed by atoms with van der Waals surface area (Å²) in [6, 6.07) is 14.1. The highest BCUT2D eigenvalue weighted by molar-refractivity contribution is 5.97. The van der Waals surface area contributed by atoms with Crippen LogP contribution in [0.15, 0.2) is 65.5 Å². The number of amides is 2. The van der Waals surface area contributed by atoms with Gasteiger partial charge in [0.2, 0.25) is 5.88 Å². The van der Waals surface area contributed by atoms with E-state index in [0.29, 0.717) is 35.1 Å². The first-order valence-electron chi connectivity index (χ1n) is 11.4. The summed E-state index contributed by atoms with van der Waals surface area (Å²) < 4.78 is 15.8. The first-order valence-corrected chi connectivity index (χ1v) is 11.4. The molecule has 4 aromatic rings. The molecule has 2 amide bonds. The second-order valence-electron chi connectivity index (χ2n) is 8.95. The molecule has 10 nitrogen and oxygen atoms in total. The molecule has 0 saturated carbocycles. The molecule has 0 radical (unpaired) electrons. The number of benzene rings is 3. The van der Waals surface area contributed by atoms with Crippen LogP contribution in [-0.4, -0.2) is 36.6 Å². The number of imidazole rings is 1. The zero-order chi connectivity index (χ0) is 25.1. The van der Waals surface area contributed by atoms with Crippen molar-refractivity contribution in [2.24, 2.45) is 0 Å². The Kier molecular flexibility index (Phi) is 4.82. The molecular weight excluding hydrogens is 469 g/mol. The molecule has 2 atom stereocenters. The smallest absolute Gasteiger partial charge is 0.336 e. The van der Waals surface area contributed by atoms with Crippen molar-refractivity contribution < 1.29 is 19.2 Å². The molecule has 11 heteroatoms. The maximum atomic E-state index is 13.4. The van der Waals surface area contributed by atoms with Crippen molar-refractivity contribution in [3.05, 3.63) is 98.3 Å². The number of aromatic hydroxyl groups is 1. The van der Waals surface area contributed by atoms with Crippen molar-refractivity contribution in [3.8, 4) is 11.6 Å². The number of carbonyl (C=O) groups is 1. The number of nitro groups is 1. The number of rotatable bonds is 4. The Bertz CT molecular complexity index is 1610. The lowest BCUT2D eigenvalue weighted by molar-refractivity contribution is -0.383. The summed E-state index contributed by atoms with van der Waals surface area (Å²) in [4.78, 5) is 38.9. The van der Waals surface area contributed by atoms with Gasteiger partial charge in [-0.05, 0) is 36.2 Å². The van der Waals surface area contributed by atoms with Gasteiger partial charge in [0.1, 0.15) is 11.5 Å². The first-order chi connectivity index (χ1) is 17.3. The van der Waals surface area contributed by atoms with Crippen LogP contribution in [0.4, 0.5) is 14.9 Å². The highest BCUT2D eigenvalue weighted by Crippen LogP contribution is 2.49. The normalized spacial score (nSPS) is 18.0. The number of halogens is 1. The monoisotopic (exact) mass is 489 g/mol. The van der Waals surface area contributed by atoms with E-state index in [0.717, 1.165) is 10.1 Å².